The maximum absolute atomic E-state index is 11.3. The molecule has 1 unspecified atom stereocenters. The van der Waals surface area contributed by atoms with Crippen LogP contribution in [-0.2, 0) is 17.6 Å². The SMILES string of the molecule is CC(C#N)N(C)CCc1ccc2c(c1)CCC(=O)N2. The molecule has 4 heteroatoms. The number of fused-ring (bicyclic) bond motifs is 1. The first-order chi connectivity index (χ1) is 9.10. The Kier molecular flexibility index (Phi) is 4.18. The van der Waals surface area contributed by atoms with E-state index in [1.54, 1.807) is 0 Å². The maximum atomic E-state index is 11.3. The number of likely N-dealkylation sites (N-methyl/N-ethyl adjacent to an activating group) is 1. The zero-order valence-corrected chi connectivity index (χ0v) is 11.4. The van der Waals surface area contributed by atoms with Crippen molar-refractivity contribution in [1.82, 2.24) is 4.90 Å². The van der Waals surface area contributed by atoms with E-state index < -0.39 is 0 Å². The second kappa shape index (κ2) is 5.85. The van der Waals surface area contributed by atoms with E-state index >= 15 is 0 Å². The lowest BCUT2D eigenvalue weighted by Crippen LogP contribution is -2.29. The fourth-order valence-corrected chi connectivity index (χ4v) is 2.19. The van der Waals surface area contributed by atoms with Crippen LogP contribution in [-0.4, -0.2) is 30.4 Å². The second-order valence-corrected chi connectivity index (χ2v) is 5.08. The van der Waals surface area contributed by atoms with E-state index in [0.29, 0.717) is 6.42 Å². The third-order valence-corrected chi connectivity index (χ3v) is 3.67. The van der Waals surface area contributed by atoms with Crippen molar-refractivity contribution in [3.05, 3.63) is 29.3 Å². The average molecular weight is 257 g/mol. The van der Waals surface area contributed by atoms with Gasteiger partial charge in [-0.3, -0.25) is 9.69 Å². The summed E-state index contributed by atoms with van der Waals surface area (Å²) < 4.78 is 0. The molecule has 0 aliphatic carbocycles. The molecule has 0 fully saturated rings. The first kappa shape index (κ1) is 13.6. The molecule has 0 bridgehead atoms. The van der Waals surface area contributed by atoms with Gasteiger partial charge < -0.3 is 5.32 Å². The number of carbonyl (C=O) groups is 1. The van der Waals surface area contributed by atoms with Gasteiger partial charge in [-0.15, -0.1) is 0 Å². The molecule has 0 saturated carbocycles. The summed E-state index contributed by atoms with van der Waals surface area (Å²) >= 11 is 0. The van der Waals surface area contributed by atoms with Crippen LogP contribution < -0.4 is 5.32 Å². The summed E-state index contributed by atoms with van der Waals surface area (Å²) in [4.78, 5) is 13.3. The predicted octanol–water partition coefficient (Wildman–Crippen LogP) is 1.96. The summed E-state index contributed by atoms with van der Waals surface area (Å²) in [5.74, 6) is 0.0998. The van der Waals surface area contributed by atoms with E-state index in [2.05, 4.69) is 23.5 Å². The fourth-order valence-electron chi connectivity index (χ4n) is 2.19. The zero-order valence-electron chi connectivity index (χ0n) is 11.4. The summed E-state index contributed by atoms with van der Waals surface area (Å²) in [6.07, 6.45) is 2.31. The van der Waals surface area contributed by atoms with Crippen LogP contribution in [0.25, 0.3) is 0 Å². The van der Waals surface area contributed by atoms with Crippen LogP contribution in [0, 0.1) is 11.3 Å². The Morgan fingerprint density at radius 2 is 2.26 bits per heavy atom. The van der Waals surface area contributed by atoms with E-state index in [0.717, 1.165) is 25.1 Å². The van der Waals surface area contributed by atoms with Gasteiger partial charge in [0.1, 0.15) is 0 Å². The van der Waals surface area contributed by atoms with Crippen LogP contribution in [0.15, 0.2) is 18.2 Å². The van der Waals surface area contributed by atoms with Crippen molar-refractivity contribution in [2.75, 3.05) is 18.9 Å². The number of carbonyl (C=O) groups excluding carboxylic acids is 1. The molecule has 100 valence electrons. The third-order valence-electron chi connectivity index (χ3n) is 3.67. The van der Waals surface area contributed by atoms with Crippen molar-refractivity contribution in [3.8, 4) is 6.07 Å². The number of benzene rings is 1. The number of aryl methyl sites for hydroxylation is 1. The van der Waals surface area contributed by atoms with Crippen molar-refractivity contribution in [2.45, 2.75) is 32.2 Å². The van der Waals surface area contributed by atoms with E-state index in [-0.39, 0.29) is 11.9 Å². The van der Waals surface area contributed by atoms with E-state index in [4.69, 9.17) is 5.26 Å². The molecule has 0 saturated heterocycles. The van der Waals surface area contributed by atoms with E-state index in [1.807, 2.05) is 24.9 Å². The Labute approximate surface area is 114 Å². The quantitative estimate of drug-likeness (QED) is 0.897. The van der Waals surface area contributed by atoms with Gasteiger partial charge >= 0.3 is 0 Å². The fraction of sp³-hybridized carbons (Fsp3) is 0.467. The zero-order chi connectivity index (χ0) is 13.8. The minimum Gasteiger partial charge on any atom is -0.326 e. The molecule has 19 heavy (non-hydrogen) atoms. The number of nitriles is 1. The van der Waals surface area contributed by atoms with Crippen LogP contribution in [0.4, 0.5) is 5.69 Å². The Morgan fingerprint density at radius 1 is 1.47 bits per heavy atom. The van der Waals surface area contributed by atoms with Crippen molar-refractivity contribution in [2.24, 2.45) is 0 Å². The number of nitrogens with one attached hydrogen (secondary N) is 1. The Balaban J connectivity index is 1.99. The van der Waals surface area contributed by atoms with Crippen LogP contribution in [0.3, 0.4) is 0 Å². The highest BCUT2D eigenvalue weighted by Gasteiger charge is 2.15. The Bertz CT molecular complexity index is 519. The average Bonchev–Trinajstić information content (AvgIpc) is 2.43. The van der Waals surface area contributed by atoms with Crippen molar-refractivity contribution in [1.29, 1.82) is 5.26 Å². The monoisotopic (exact) mass is 257 g/mol. The lowest BCUT2D eigenvalue weighted by atomic mass is 9.99. The topological polar surface area (TPSA) is 56.1 Å². The van der Waals surface area contributed by atoms with Gasteiger partial charge in [-0.25, -0.2) is 0 Å². The number of rotatable bonds is 4. The van der Waals surface area contributed by atoms with Crippen LogP contribution in [0.1, 0.15) is 24.5 Å². The molecule has 1 aliphatic heterocycles. The second-order valence-electron chi connectivity index (χ2n) is 5.08. The number of anilines is 1. The van der Waals surface area contributed by atoms with Gasteiger partial charge in [0.2, 0.25) is 5.91 Å². The Hall–Kier alpha value is -1.86. The summed E-state index contributed by atoms with van der Waals surface area (Å²) in [7, 11) is 1.96. The molecular formula is C15H19N3O. The van der Waals surface area contributed by atoms with Gasteiger partial charge in [0.05, 0.1) is 12.1 Å². The molecule has 0 aromatic heterocycles. The third kappa shape index (κ3) is 3.33. The molecule has 1 N–H and O–H groups in total. The number of nitrogens with zero attached hydrogens (tertiary/aromatic N) is 2. The smallest absolute Gasteiger partial charge is 0.224 e. The molecule has 1 aromatic carbocycles. The molecule has 0 spiro atoms. The van der Waals surface area contributed by atoms with Crippen LogP contribution in [0.2, 0.25) is 0 Å². The minimum atomic E-state index is -0.0584. The molecule has 2 rings (SSSR count). The van der Waals surface area contributed by atoms with Gasteiger partial charge in [-0.1, -0.05) is 12.1 Å². The van der Waals surface area contributed by atoms with Gasteiger partial charge in [0.25, 0.3) is 0 Å². The number of amides is 1. The summed E-state index contributed by atoms with van der Waals surface area (Å²) in [6.45, 7) is 2.77. The normalized spacial score (nSPS) is 15.6. The molecule has 1 heterocycles. The first-order valence-corrected chi connectivity index (χ1v) is 6.61. The molecule has 1 aliphatic rings. The maximum Gasteiger partial charge on any atom is 0.224 e. The first-order valence-electron chi connectivity index (χ1n) is 6.61. The van der Waals surface area contributed by atoms with E-state index in [1.165, 1.54) is 11.1 Å². The van der Waals surface area contributed by atoms with Gasteiger partial charge in [0.15, 0.2) is 0 Å². The highest BCUT2D eigenvalue weighted by atomic mass is 16.1. The largest absolute Gasteiger partial charge is 0.326 e. The standard InChI is InChI=1S/C15H19N3O/c1-11(10-16)18(2)8-7-12-3-5-14-13(9-12)4-6-15(19)17-14/h3,5,9,11H,4,6-8H2,1-2H3,(H,17,19). The summed E-state index contributed by atoms with van der Waals surface area (Å²) in [5.41, 5.74) is 3.42. The summed E-state index contributed by atoms with van der Waals surface area (Å²) in [6, 6.07) is 8.37. The van der Waals surface area contributed by atoms with Gasteiger partial charge in [-0.2, -0.15) is 5.26 Å². The number of hydrogen-bond donors (Lipinski definition) is 1. The highest BCUT2D eigenvalue weighted by molar-refractivity contribution is 5.93. The lowest BCUT2D eigenvalue weighted by Gasteiger charge is -2.20. The minimum absolute atomic E-state index is 0.0584. The van der Waals surface area contributed by atoms with E-state index in [9.17, 15) is 4.79 Å². The van der Waals surface area contributed by atoms with Crippen molar-refractivity contribution in [3.63, 3.8) is 0 Å². The Morgan fingerprint density at radius 3 is 3.00 bits per heavy atom. The molecule has 1 atom stereocenters. The molecule has 4 nitrogen and oxygen atoms in total. The van der Waals surface area contributed by atoms with Gasteiger partial charge in [-0.05, 0) is 44.0 Å². The molecule has 1 aromatic rings. The highest BCUT2D eigenvalue weighted by Crippen LogP contribution is 2.23. The van der Waals surface area contributed by atoms with Crippen LogP contribution >= 0.6 is 0 Å². The van der Waals surface area contributed by atoms with Crippen molar-refractivity contribution >= 4 is 11.6 Å². The van der Waals surface area contributed by atoms with Crippen LogP contribution in [0.5, 0.6) is 0 Å². The molecular weight excluding hydrogens is 238 g/mol. The van der Waals surface area contributed by atoms with Crippen molar-refractivity contribution < 1.29 is 4.79 Å². The summed E-state index contributed by atoms with van der Waals surface area (Å²) in [5, 5.41) is 11.7. The number of hydrogen-bond acceptors (Lipinski definition) is 3. The molecule has 0 radical (unpaired) electrons. The lowest BCUT2D eigenvalue weighted by molar-refractivity contribution is -0.116. The predicted molar refractivity (Wildman–Crippen MR) is 74.8 cm³/mol. The van der Waals surface area contributed by atoms with Gasteiger partial charge in [0, 0.05) is 18.7 Å². The molecule has 1 amide bonds.